The molecule has 0 N–H and O–H groups in total. The summed E-state index contributed by atoms with van der Waals surface area (Å²) in [6.45, 7) is 0. The first kappa shape index (κ1) is 10.4. The van der Waals surface area contributed by atoms with Crippen LogP contribution in [0.15, 0.2) is 18.3 Å². The molecule has 2 aromatic rings. The monoisotopic (exact) mass is 229 g/mol. The lowest BCUT2D eigenvalue weighted by molar-refractivity contribution is -0.107. The average Bonchev–Trinajstić information content (AvgIpc) is 2.97. The lowest BCUT2D eigenvalue weighted by Crippen LogP contribution is -1.95. The second kappa shape index (κ2) is 4.28. The van der Waals surface area contributed by atoms with E-state index in [4.69, 9.17) is 0 Å². The van der Waals surface area contributed by atoms with Crippen molar-refractivity contribution < 1.29 is 4.79 Å². The van der Waals surface area contributed by atoms with Gasteiger partial charge in [0.05, 0.1) is 0 Å². The molecule has 1 aliphatic carbocycles. The summed E-state index contributed by atoms with van der Waals surface area (Å²) in [4.78, 5) is 15.1. The van der Waals surface area contributed by atoms with Gasteiger partial charge in [-0.05, 0) is 30.5 Å². The van der Waals surface area contributed by atoms with Crippen molar-refractivity contribution in [1.29, 1.82) is 0 Å². The second-order valence-electron chi connectivity index (χ2n) is 4.66. The van der Waals surface area contributed by atoms with Gasteiger partial charge in [0.1, 0.15) is 6.29 Å². The highest BCUT2D eigenvalue weighted by Crippen LogP contribution is 2.32. The number of rotatable bonds is 3. The highest BCUT2D eigenvalue weighted by atomic mass is 16.1. The molecule has 0 aromatic carbocycles. The minimum Gasteiger partial charge on any atom is -0.303 e. The number of nitrogens with zero attached hydrogens (tertiary/aromatic N) is 3. The molecular formula is C13H15N3O. The largest absolute Gasteiger partial charge is 0.303 e. The van der Waals surface area contributed by atoms with Crippen LogP contribution < -0.4 is 0 Å². The molecule has 0 aliphatic heterocycles. The van der Waals surface area contributed by atoms with Crippen molar-refractivity contribution in [2.24, 2.45) is 0 Å². The van der Waals surface area contributed by atoms with E-state index in [2.05, 4.69) is 10.1 Å². The van der Waals surface area contributed by atoms with Crippen molar-refractivity contribution in [2.45, 2.75) is 38.0 Å². The predicted octanol–water partition coefficient (Wildman–Crippen LogP) is 2.13. The number of carbonyl (C=O) groups is 1. The molecule has 0 spiro atoms. The summed E-state index contributed by atoms with van der Waals surface area (Å²) < 4.78 is 1.81. The van der Waals surface area contributed by atoms with Gasteiger partial charge in [-0.1, -0.05) is 12.8 Å². The molecule has 0 atom stereocenters. The summed E-state index contributed by atoms with van der Waals surface area (Å²) in [6, 6.07) is 3.87. The maximum absolute atomic E-state index is 10.5. The van der Waals surface area contributed by atoms with Crippen LogP contribution in [0.4, 0.5) is 0 Å². The van der Waals surface area contributed by atoms with Crippen molar-refractivity contribution in [1.82, 2.24) is 14.6 Å². The highest BCUT2D eigenvalue weighted by molar-refractivity contribution is 5.56. The van der Waals surface area contributed by atoms with E-state index in [9.17, 15) is 4.79 Å². The fraction of sp³-hybridized carbons (Fsp3) is 0.462. The maximum atomic E-state index is 10.5. The Hall–Kier alpha value is -1.71. The number of aldehydes is 1. The van der Waals surface area contributed by atoms with Crippen LogP contribution in [0.1, 0.15) is 43.0 Å². The minimum atomic E-state index is 0.447. The van der Waals surface area contributed by atoms with Crippen molar-refractivity contribution in [2.75, 3.05) is 0 Å². The Balaban J connectivity index is 1.97. The van der Waals surface area contributed by atoms with Crippen LogP contribution in [0.25, 0.3) is 5.65 Å². The summed E-state index contributed by atoms with van der Waals surface area (Å²) in [6.07, 6.45) is 8.24. The standard InChI is InChI=1S/C13H15N3O/c17-8-6-10-5-7-16-12(9-10)14-13(15-16)11-3-1-2-4-11/h5,7-9,11H,1-4,6H2. The maximum Gasteiger partial charge on any atom is 0.155 e. The Labute approximate surface area is 99.7 Å². The fourth-order valence-electron chi connectivity index (χ4n) is 2.52. The molecule has 4 nitrogen and oxygen atoms in total. The zero-order valence-electron chi connectivity index (χ0n) is 9.67. The fourth-order valence-corrected chi connectivity index (χ4v) is 2.52. The topological polar surface area (TPSA) is 47.3 Å². The summed E-state index contributed by atoms with van der Waals surface area (Å²) in [5.74, 6) is 1.50. The normalized spacial score (nSPS) is 16.7. The Bertz CT molecular complexity index is 541. The van der Waals surface area contributed by atoms with Gasteiger partial charge >= 0.3 is 0 Å². The van der Waals surface area contributed by atoms with Crippen molar-refractivity contribution in [3.8, 4) is 0 Å². The van der Waals surface area contributed by atoms with E-state index in [-0.39, 0.29) is 0 Å². The van der Waals surface area contributed by atoms with Gasteiger partial charge in [0.15, 0.2) is 11.5 Å². The summed E-state index contributed by atoms with van der Waals surface area (Å²) in [5, 5.41) is 4.51. The van der Waals surface area contributed by atoms with Crippen molar-refractivity contribution >= 4 is 11.9 Å². The van der Waals surface area contributed by atoms with E-state index in [0.717, 1.165) is 23.3 Å². The molecule has 2 heterocycles. The van der Waals surface area contributed by atoms with Gasteiger partial charge in [-0.3, -0.25) is 0 Å². The van der Waals surface area contributed by atoms with E-state index >= 15 is 0 Å². The SMILES string of the molecule is O=CCc1ccn2nc(C3CCCC3)nc2c1. The number of hydrogen-bond donors (Lipinski definition) is 0. The second-order valence-corrected chi connectivity index (χ2v) is 4.66. The zero-order chi connectivity index (χ0) is 11.7. The molecule has 4 heteroatoms. The summed E-state index contributed by atoms with van der Waals surface area (Å²) >= 11 is 0. The molecular weight excluding hydrogens is 214 g/mol. The summed E-state index contributed by atoms with van der Waals surface area (Å²) in [5.41, 5.74) is 1.85. The molecule has 0 radical (unpaired) electrons. The molecule has 0 amide bonds. The van der Waals surface area contributed by atoms with Crippen molar-refractivity contribution in [3.05, 3.63) is 29.7 Å². The molecule has 1 aliphatic rings. The van der Waals surface area contributed by atoms with Crippen LogP contribution >= 0.6 is 0 Å². The molecule has 88 valence electrons. The van der Waals surface area contributed by atoms with Crippen LogP contribution in [-0.4, -0.2) is 20.9 Å². The first-order chi connectivity index (χ1) is 8.36. The van der Waals surface area contributed by atoms with Gasteiger partial charge in [-0.25, -0.2) is 9.50 Å². The first-order valence-corrected chi connectivity index (χ1v) is 6.15. The highest BCUT2D eigenvalue weighted by Gasteiger charge is 2.21. The average molecular weight is 229 g/mol. The van der Waals surface area contributed by atoms with Gasteiger partial charge in [-0.15, -0.1) is 0 Å². The van der Waals surface area contributed by atoms with Gasteiger partial charge in [0.2, 0.25) is 0 Å². The van der Waals surface area contributed by atoms with E-state index in [1.165, 1.54) is 25.7 Å². The number of carbonyl (C=O) groups excluding carboxylic acids is 1. The smallest absolute Gasteiger partial charge is 0.155 e. The molecule has 0 unspecified atom stereocenters. The quantitative estimate of drug-likeness (QED) is 0.757. The molecule has 0 saturated heterocycles. The zero-order valence-corrected chi connectivity index (χ0v) is 9.67. The lowest BCUT2D eigenvalue weighted by Gasteiger charge is -2.00. The third kappa shape index (κ3) is 1.95. The Morgan fingerprint density at radius 3 is 3.00 bits per heavy atom. The lowest BCUT2D eigenvalue weighted by atomic mass is 10.1. The van der Waals surface area contributed by atoms with Crippen molar-refractivity contribution in [3.63, 3.8) is 0 Å². The molecule has 0 bridgehead atoms. The van der Waals surface area contributed by atoms with Gasteiger partial charge in [-0.2, -0.15) is 5.10 Å². The van der Waals surface area contributed by atoms with Crippen LogP contribution in [-0.2, 0) is 11.2 Å². The van der Waals surface area contributed by atoms with Gasteiger partial charge in [0, 0.05) is 18.5 Å². The third-order valence-electron chi connectivity index (χ3n) is 3.46. The molecule has 3 rings (SSSR count). The Morgan fingerprint density at radius 1 is 1.41 bits per heavy atom. The summed E-state index contributed by atoms with van der Waals surface area (Å²) in [7, 11) is 0. The predicted molar refractivity (Wildman–Crippen MR) is 64.0 cm³/mol. The van der Waals surface area contributed by atoms with Crippen LogP contribution in [0, 0.1) is 0 Å². The molecule has 1 fully saturated rings. The molecule has 2 aromatic heterocycles. The Kier molecular flexibility index (Phi) is 2.63. The van der Waals surface area contributed by atoms with E-state index in [1.54, 1.807) is 0 Å². The third-order valence-corrected chi connectivity index (χ3v) is 3.46. The van der Waals surface area contributed by atoms with E-state index in [1.807, 2.05) is 22.8 Å². The molecule has 1 saturated carbocycles. The number of aromatic nitrogens is 3. The van der Waals surface area contributed by atoms with E-state index < -0.39 is 0 Å². The van der Waals surface area contributed by atoms with Gasteiger partial charge in [0.25, 0.3) is 0 Å². The number of hydrogen-bond acceptors (Lipinski definition) is 3. The van der Waals surface area contributed by atoms with Gasteiger partial charge < -0.3 is 4.79 Å². The molecule has 17 heavy (non-hydrogen) atoms. The van der Waals surface area contributed by atoms with Crippen LogP contribution in [0.5, 0.6) is 0 Å². The van der Waals surface area contributed by atoms with Crippen LogP contribution in [0.3, 0.4) is 0 Å². The number of fused-ring (bicyclic) bond motifs is 1. The van der Waals surface area contributed by atoms with Crippen LogP contribution in [0.2, 0.25) is 0 Å². The minimum absolute atomic E-state index is 0.447. The van der Waals surface area contributed by atoms with E-state index in [0.29, 0.717) is 12.3 Å². The first-order valence-electron chi connectivity index (χ1n) is 6.15. The Morgan fingerprint density at radius 2 is 2.24 bits per heavy atom. The number of pyridine rings is 1.